The smallest absolute Gasteiger partial charge is 0.311 e. The first-order valence-electron chi connectivity index (χ1n) is 6.96. The van der Waals surface area contributed by atoms with E-state index in [0.29, 0.717) is 6.42 Å². The molecule has 0 fully saturated rings. The molecule has 142 valence electrons. The van der Waals surface area contributed by atoms with Crippen LogP contribution in [0.3, 0.4) is 0 Å². The van der Waals surface area contributed by atoms with E-state index < -0.39 is 68.6 Å². The summed E-state index contributed by atoms with van der Waals surface area (Å²) < 4.78 is 95.7. The third kappa shape index (κ3) is 4.60. The highest BCUT2D eigenvalue weighted by molar-refractivity contribution is 7.85. The van der Waals surface area contributed by atoms with Gasteiger partial charge in [-0.25, -0.2) is 21.6 Å². The van der Waals surface area contributed by atoms with Crippen LogP contribution in [0.1, 0.15) is 27.2 Å². The Balaban J connectivity index is 2.98. The standard InChI is InChI=1S/C14H16F4O6S/c1-4-14(2,3)13(19)24-6-5-23-11-8(16)7(15)9(17)12(10(11)18)25(20,21)22/h4-6H2,1-3H3,(H,20,21,22)/p-1. The summed E-state index contributed by atoms with van der Waals surface area (Å²) in [5, 5.41) is 0. The molecule has 0 N–H and O–H groups in total. The van der Waals surface area contributed by atoms with E-state index in [1.165, 1.54) is 0 Å². The van der Waals surface area contributed by atoms with Gasteiger partial charge in [-0.2, -0.15) is 4.39 Å². The lowest BCUT2D eigenvalue weighted by Crippen LogP contribution is -2.27. The molecule has 0 heterocycles. The lowest BCUT2D eigenvalue weighted by molar-refractivity contribution is -0.154. The summed E-state index contributed by atoms with van der Waals surface area (Å²) in [6.07, 6.45) is 0.448. The van der Waals surface area contributed by atoms with Crippen molar-refractivity contribution >= 4 is 16.1 Å². The zero-order chi connectivity index (χ0) is 19.6. The Morgan fingerprint density at radius 1 is 1.04 bits per heavy atom. The normalized spacial score (nSPS) is 12.2. The third-order valence-electron chi connectivity index (χ3n) is 3.43. The maximum absolute atomic E-state index is 13.8. The van der Waals surface area contributed by atoms with E-state index in [9.17, 15) is 35.3 Å². The van der Waals surface area contributed by atoms with Gasteiger partial charge < -0.3 is 14.0 Å². The average Bonchev–Trinajstić information content (AvgIpc) is 2.50. The fraction of sp³-hybridized carbons (Fsp3) is 0.500. The predicted molar refractivity (Wildman–Crippen MR) is 74.8 cm³/mol. The Morgan fingerprint density at radius 3 is 2.08 bits per heavy atom. The number of carbonyl (C=O) groups excluding carboxylic acids is 1. The Hall–Kier alpha value is -1.88. The summed E-state index contributed by atoms with van der Waals surface area (Å²) in [7, 11) is -5.76. The van der Waals surface area contributed by atoms with Gasteiger partial charge in [0.1, 0.15) is 28.2 Å². The molecule has 1 aromatic carbocycles. The van der Waals surface area contributed by atoms with Crippen LogP contribution in [-0.4, -0.2) is 32.2 Å². The fourth-order valence-electron chi connectivity index (χ4n) is 1.56. The molecule has 0 bridgehead atoms. The molecule has 0 aliphatic carbocycles. The molecule has 0 aromatic heterocycles. The van der Waals surface area contributed by atoms with Crippen molar-refractivity contribution in [3.63, 3.8) is 0 Å². The van der Waals surface area contributed by atoms with Crippen LogP contribution >= 0.6 is 0 Å². The van der Waals surface area contributed by atoms with Crippen LogP contribution in [0.5, 0.6) is 5.75 Å². The van der Waals surface area contributed by atoms with Crippen LogP contribution in [0, 0.1) is 28.7 Å². The lowest BCUT2D eigenvalue weighted by atomic mass is 9.91. The third-order valence-corrected chi connectivity index (χ3v) is 4.29. The molecule has 25 heavy (non-hydrogen) atoms. The molecule has 6 nitrogen and oxygen atoms in total. The van der Waals surface area contributed by atoms with Gasteiger partial charge in [0.15, 0.2) is 23.2 Å². The zero-order valence-electron chi connectivity index (χ0n) is 13.5. The van der Waals surface area contributed by atoms with Gasteiger partial charge in [-0.05, 0) is 20.3 Å². The van der Waals surface area contributed by atoms with Crippen molar-refractivity contribution in [3.8, 4) is 5.75 Å². The van der Waals surface area contributed by atoms with Crippen molar-refractivity contribution in [2.45, 2.75) is 32.1 Å². The van der Waals surface area contributed by atoms with Gasteiger partial charge in [0.25, 0.3) is 0 Å². The molecular weight excluding hydrogens is 372 g/mol. The molecule has 0 saturated heterocycles. The summed E-state index contributed by atoms with van der Waals surface area (Å²) in [5.41, 5.74) is -0.817. The molecule has 1 aromatic rings. The van der Waals surface area contributed by atoms with Gasteiger partial charge >= 0.3 is 5.97 Å². The highest BCUT2D eigenvalue weighted by Crippen LogP contribution is 2.32. The van der Waals surface area contributed by atoms with Crippen molar-refractivity contribution in [2.75, 3.05) is 13.2 Å². The van der Waals surface area contributed by atoms with Gasteiger partial charge in [0, 0.05) is 0 Å². The summed E-state index contributed by atoms with van der Waals surface area (Å²) in [6, 6.07) is 0. The van der Waals surface area contributed by atoms with Crippen molar-refractivity contribution in [1.82, 2.24) is 0 Å². The highest BCUT2D eigenvalue weighted by atomic mass is 32.2. The maximum Gasteiger partial charge on any atom is 0.311 e. The monoisotopic (exact) mass is 387 g/mol. The molecule has 0 unspecified atom stereocenters. The number of carbonyl (C=O) groups is 1. The molecule has 0 saturated carbocycles. The van der Waals surface area contributed by atoms with Crippen molar-refractivity contribution < 1.29 is 44.8 Å². The van der Waals surface area contributed by atoms with E-state index in [1.54, 1.807) is 20.8 Å². The number of ether oxygens (including phenoxy) is 2. The average molecular weight is 387 g/mol. The Morgan fingerprint density at radius 2 is 1.60 bits per heavy atom. The van der Waals surface area contributed by atoms with Crippen LogP contribution < -0.4 is 4.74 Å². The second-order valence-electron chi connectivity index (χ2n) is 5.59. The molecular formula is C14H15F4O6S-. The van der Waals surface area contributed by atoms with E-state index in [0.717, 1.165) is 0 Å². The first-order valence-corrected chi connectivity index (χ1v) is 8.37. The fourth-order valence-corrected chi connectivity index (χ4v) is 2.18. The van der Waals surface area contributed by atoms with Crippen molar-refractivity contribution in [2.24, 2.45) is 5.41 Å². The summed E-state index contributed by atoms with van der Waals surface area (Å²) >= 11 is 0. The van der Waals surface area contributed by atoms with Crippen molar-refractivity contribution in [3.05, 3.63) is 23.3 Å². The lowest BCUT2D eigenvalue weighted by Gasteiger charge is -2.20. The SMILES string of the molecule is CCC(C)(C)C(=O)OCCOc1c(F)c(F)c(F)c(S(=O)(=O)[O-])c1F. The van der Waals surface area contributed by atoms with Crippen LogP contribution in [0.2, 0.25) is 0 Å². The molecule has 0 amide bonds. The van der Waals surface area contributed by atoms with E-state index in [1.807, 2.05) is 0 Å². The van der Waals surface area contributed by atoms with E-state index >= 15 is 0 Å². The number of halogens is 4. The Labute approximate surface area is 141 Å². The molecule has 0 atom stereocenters. The minimum Gasteiger partial charge on any atom is -0.744 e. The second kappa shape index (κ2) is 7.56. The van der Waals surface area contributed by atoms with Crippen LogP contribution in [0.25, 0.3) is 0 Å². The molecule has 1 rings (SSSR count). The zero-order valence-corrected chi connectivity index (χ0v) is 14.3. The number of hydrogen-bond donors (Lipinski definition) is 0. The Bertz CT molecular complexity index is 776. The number of benzene rings is 1. The van der Waals surface area contributed by atoms with E-state index in [4.69, 9.17) is 4.74 Å². The topological polar surface area (TPSA) is 92.7 Å². The molecule has 11 heteroatoms. The molecule has 0 aliphatic heterocycles. The molecule has 0 aliphatic rings. The molecule has 0 radical (unpaired) electrons. The first kappa shape index (κ1) is 21.2. The summed E-state index contributed by atoms with van der Waals surface area (Å²) in [6.45, 7) is 3.73. The first-order chi connectivity index (χ1) is 11.3. The second-order valence-corrected chi connectivity index (χ2v) is 6.91. The van der Waals surface area contributed by atoms with Gasteiger partial charge in [-0.1, -0.05) is 6.92 Å². The van der Waals surface area contributed by atoms with Gasteiger partial charge in [-0.15, -0.1) is 0 Å². The summed E-state index contributed by atoms with van der Waals surface area (Å²) in [4.78, 5) is 9.48. The van der Waals surface area contributed by atoms with Gasteiger partial charge in [0.05, 0.1) is 5.41 Å². The quantitative estimate of drug-likeness (QED) is 0.178. The predicted octanol–water partition coefficient (Wildman–Crippen LogP) is 2.51. The maximum atomic E-state index is 13.8. The van der Waals surface area contributed by atoms with E-state index in [-0.39, 0.29) is 0 Å². The number of hydrogen-bond acceptors (Lipinski definition) is 6. The number of rotatable bonds is 7. The summed E-state index contributed by atoms with van der Waals surface area (Å²) in [5.74, 6) is -11.4. The van der Waals surface area contributed by atoms with Crippen LogP contribution in [0.4, 0.5) is 17.6 Å². The van der Waals surface area contributed by atoms with Gasteiger partial charge in [-0.3, -0.25) is 4.79 Å². The minimum absolute atomic E-state index is 0.448. The molecule has 0 spiro atoms. The Kier molecular flexibility index (Phi) is 6.40. The van der Waals surface area contributed by atoms with E-state index in [2.05, 4.69) is 4.74 Å². The largest absolute Gasteiger partial charge is 0.744 e. The van der Waals surface area contributed by atoms with Crippen molar-refractivity contribution in [1.29, 1.82) is 0 Å². The minimum atomic E-state index is -5.76. The van der Waals surface area contributed by atoms with Crippen LogP contribution in [0.15, 0.2) is 4.90 Å². The van der Waals surface area contributed by atoms with Gasteiger partial charge in [0.2, 0.25) is 5.82 Å². The number of esters is 1. The van der Waals surface area contributed by atoms with Crippen LogP contribution in [-0.2, 0) is 19.6 Å². The highest BCUT2D eigenvalue weighted by Gasteiger charge is 2.30.